The van der Waals surface area contributed by atoms with Crippen molar-refractivity contribution in [2.75, 3.05) is 53.5 Å². The first kappa shape index (κ1) is 20.5. The van der Waals surface area contributed by atoms with Crippen LogP contribution >= 0.6 is 0 Å². The minimum atomic E-state index is -3.73. The van der Waals surface area contributed by atoms with Gasteiger partial charge >= 0.3 is 0 Å². The van der Waals surface area contributed by atoms with Gasteiger partial charge in [-0.2, -0.15) is 5.10 Å². The van der Waals surface area contributed by atoms with Gasteiger partial charge in [0.2, 0.25) is 10.0 Å². The summed E-state index contributed by atoms with van der Waals surface area (Å²) in [5.41, 5.74) is 0.689. The number of carbonyl (C=O) groups is 1. The number of furan rings is 1. The number of hydrogen-bond donors (Lipinski definition) is 2. The third-order valence-corrected chi connectivity index (χ3v) is 6.00. The van der Waals surface area contributed by atoms with Crippen LogP contribution in [0.4, 0.5) is 0 Å². The molecule has 0 spiro atoms. The maximum absolute atomic E-state index is 12.8. The molecule has 28 heavy (non-hydrogen) atoms. The molecule has 2 N–H and O–H groups in total. The van der Waals surface area contributed by atoms with Crippen LogP contribution in [0.1, 0.15) is 16.1 Å². The average Bonchev–Trinajstić information content (AvgIpc) is 3.28. The highest BCUT2D eigenvalue weighted by atomic mass is 32.2. The second kappa shape index (κ2) is 8.43. The molecule has 1 aliphatic rings. The Kier molecular flexibility index (Phi) is 6.18. The van der Waals surface area contributed by atoms with Crippen LogP contribution in [0.2, 0.25) is 0 Å². The zero-order valence-corrected chi connectivity index (χ0v) is 17.0. The van der Waals surface area contributed by atoms with Gasteiger partial charge in [-0.15, -0.1) is 0 Å². The second-order valence-electron chi connectivity index (χ2n) is 6.80. The molecule has 2 aromatic heterocycles. The fourth-order valence-electron chi connectivity index (χ4n) is 2.91. The second-order valence-corrected chi connectivity index (χ2v) is 8.53. The van der Waals surface area contributed by atoms with E-state index in [2.05, 4.69) is 14.9 Å². The van der Waals surface area contributed by atoms with E-state index >= 15 is 0 Å². The number of sulfonamides is 1. The summed E-state index contributed by atoms with van der Waals surface area (Å²) in [5, 5.41) is 6.70. The van der Waals surface area contributed by atoms with E-state index in [-0.39, 0.29) is 28.9 Å². The third-order valence-electron chi connectivity index (χ3n) is 4.43. The average molecular weight is 411 g/mol. The lowest BCUT2D eigenvalue weighted by atomic mass is 10.2. The van der Waals surface area contributed by atoms with Crippen LogP contribution < -0.4 is 4.72 Å². The Morgan fingerprint density at radius 2 is 2.07 bits per heavy atom. The lowest BCUT2D eigenvalue weighted by Gasteiger charge is -2.26. The van der Waals surface area contributed by atoms with Crippen molar-refractivity contribution < 1.29 is 22.4 Å². The molecule has 0 unspecified atom stereocenters. The quantitative estimate of drug-likeness (QED) is 0.672. The number of aromatic nitrogens is 2. The molecule has 154 valence electrons. The Hall–Kier alpha value is -2.21. The summed E-state index contributed by atoms with van der Waals surface area (Å²) in [5.74, 6) is 0.293. The number of hydrogen-bond acceptors (Lipinski definition) is 7. The van der Waals surface area contributed by atoms with Gasteiger partial charge in [-0.05, 0) is 21.0 Å². The molecule has 1 saturated heterocycles. The van der Waals surface area contributed by atoms with E-state index in [4.69, 9.17) is 9.15 Å². The first-order valence-corrected chi connectivity index (χ1v) is 10.4. The van der Waals surface area contributed by atoms with E-state index in [1.807, 2.05) is 19.0 Å². The first-order valence-electron chi connectivity index (χ1n) is 8.95. The van der Waals surface area contributed by atoms with Crippen molar-refractivity contribution >= 4 is 15.9 Å². The number of aromatic amines is 1. The summed E-state index contributed by atoms with van der Waals surface area (Å²) in [6, 6.07) is 1.41. The molecular formula is C17H25N5O5S. The zero-order valence-electron chi connectivity index (χ0n) is 16.2. The largest absolute Gasteiger partial charge is 0.458 e. The van der Waals surface area contributed by atoms with Crippen molar-refractivity contribution in [3.63, 3.8) is 0 Å². The highest BCUT2D eigenvalue weighted by Crippen LogP contribution is 2.29. The van der Waals surface area contributed by atoms with Gasteiger partial charge in [0, 0.05) is 32.2 Å². The number of rotatable bonds is 7. The first-order chi connectivity index (χ1) is 13.3. The summed E-state index contributed by atoms with van der Waals surface area (Å²) in [6.07, 6.45) is 1.43. The fourth-order valence-corrected chi connectivity index (χ4v) is 4.11. The lowest BCUT2D eigenvalue weighted by Crippen LogP contribution is -2.40. The van der Waals surface area contributed by atoms with Crippen LogP contribution in [0.3, 0.4) is 0 Å². The number of likely N-dealkylation sites (N-methyl/N-ethyl adjacent to an activating group) is 1. The van der Waals surface area contributed by atoms with Gasteiger partial charge in [-0.3, -0.25) is 9.89 Å². The molecule has 0 aromatic carbocycles. The van der Waals surface area contributed by atoms with Crippen LogP contribution in [0, 0.1) is 6.92 Å². The summed E-state index contributed by atoms with van der Waals surface area (Å²) in [7, 11) is -0.00331. The number of morpholine rings is 1. The molecule has 10 nitrogen and oxygen atoms in total. The molecule has 1 amide bonds. The third kappa shape index (κ3) is 4.43. The van der Waals surface area contributed by atoms with Crippen LogP contribution in [0.5, 0.6) is 0 Å². The fraction of sp³-hybridized carbons (Fsp3) is 0.529. The highest BCUT2D eigenvalue weighted by molar-refractivity contribution is 7.89. The van der Waals surface area contributed by atoms with E-state index < -0.39 is 10.0 Å². The molecule has 0 atom stereocenters. The SMILES string of the molecule is Cc1oc(-c2[nH]ncc2C(=O)N2CCOCC2)cc1S(=O)(=O)NCCN(C)C. The number of H-pyrrole nitrogens is 1. The van der Waals surface area contributed by atoms with Gasteiger partial charge in [0.15, 0.2) is 5.76 Å². The molecule has 2 aromatic rings. The number of ether oxygens (including phenoxy) is 1. The lowest BCUT2D eigenvalue weighted by molar-refractivity contribution is 0.0303. The molecule has 1 aliphatic heterocycles. The van der Waals surface area contributed by atoms with E-state index in [0.717, 1.165) is 0 Å². The maximum atomic E-state index is 12.8. The molecule has 3 rings (SSSR count). The summed E-state index contributed by atoms with van der Waals surface area (Å²) < 4.78 is 38.6. The van der Waals surface area contributed by atoms with Gasteiger partial charge in [-0.1, -0.05) is 0 Å². The zero-order chi connectivity index (χ0) is 20.3. The number of nitrogens with zero attached hydrogens (tertiary/aromatic N) is 3. The van der Waals surface area contributed by atoms with Crippen molar-refractivity contribution in [1.82, 2.24) is 24.7 Å². The van der Waals surface area contributed by atoms with Crippen molar-refractivity contribution in [3.05, 3.63) is 23.6 Å². The molecule has 3 heterocycles. The van der Waals surface area contributed by atoms with Crippen molar-refractivity contribution in [1.29, 1.82) is 0 Å². The number of carbonyl (C=O) groups excluding carboxylic acids is 1. The number of aryl methyl sites for hydroxylation is 1. The topological polar surface area (TPSA) is 121 Å². The van der Waals surface area contributed by atoms with Gasteiger partial charge < -0.3 is 19.0 Å². The number of nitrogens with one attached hydrogen (secondary N) is 2. The van der Waals surface area contributed by atoms with Crippen molar-refractivity contribution in [2.45, 2.75) is 11.8 Å². The molecule has 11 heteroatoms. The Morgan fingerprint density at radius 3 is 2.75 bits per heavy atom. The van der Waals surface area contributed by atoms with Crippen LogP contribution in [0.15, 0.2) is 21.6 Å². The maximum Gasteiger partial charge on any atom is 0.257 e. The van der Waals surface area contributed by atoms with Gasteiger partial charge in [0.25, 0.3) is 5.91 Å². The summed E-state index contributed by atoms with van der Waals surface area (Å²) in [4.78, 5) is 16.4. The standard InChI is InChI=1S/C17H25N5O5S/c1-12-15(28(24,25)19-4-5-21(2)3)10-14(27-12)16-13(11-18-20-16)17(23)22-6-8-26-9-7-22/h10-11,19H,4-9H2,1-3H3,(H,18,20). The molecule has 0 radical (unpaired) electrons. The Bertz CT molecular complexity index is 928. The highest BCUT2D eigenvalue weighted by Gasteiger charge is 2.27. The van der Waals surface area contributed by atoms with Crippen molar-refractivity contribution in [2.24, 2.45) is 0 Å². The Labute approximate surface area is 163 Å². The predicted octanol–water partition coefficient (Wildman–Crippen LogP) is 0.290. The molecule has 0 aliphatic carbocycles. The van der Waals surface area contributed by atoms with Gasteiger partial charge in [0.1, 0.15) is 16.3 Å². The van der Waals surface area contributed by atoms with E-state index in [9.17, 15) is 13.2 Å². The summed E-state index contributed by atoms with van der Waals surface area (Å²) in [6.45, 7) is 4.39. The van der Waals surface area contributed by atoms with Crippen molar-refractivity contribution in [3.8, 4) is 11.5 Å². The normalized spacial score (nSPS) is 15.4. The number of amides is 1. The monoisotopic (exact) mass is 411 g/mol. The Balaban J connectivity index is 1.84. The van der Waals surface area contributed by atoms with Crippen LogP contribution in [-0.4, -0.2) is 87.8 Å². The smallest absolute Gasteiger partial charge is 0.257 e. The minimum absolute atomic E-state index is 0.0422. The minimum Gasteiger partial charge on any atom is -0.458 e. The van der Waals surface area contributed by atoms with E-state index in [1.54, 1.807) is 11.8 Å². The van der Waals surface area contributed by atoms with Gasteiger partial charge in [-0.25, -0.2) is 13.1 Å². The van der Waals surface area contributed by atoms with E-state index in [1.165, 1.54) is 12.3 Å². The van der Waals surface area contributed by atoms with Gasteiger partial charge in [0.05, 0.1) is 25.0 Å². The molecule has 0 bridgehead atoms. The van der Waals surface area contributed by atoms with E-state index in [0.29, 0.717) is 44.1 Å². The Morgan fingerprint density at radius 1 is 1.36 bits per heavy atom. The predicted molar refractivity (Wildman–Crippen MR) is 101 cm³/mol. The summed E-state index contributed by atoms with van der Waals surface area (Å²) >= 11 is 0. The van der Waals surface area contributed by atoms with Crippen LogP contribution in [0.25, 0.3) is 11.5 Å². The van der Waals surface area contributed by atoms with Crippen LogP contribution in [-0.2, 0) is 14.8 Å². The molecule has 0 saturated carbocycles. The molecule has 1 fully saturated rings. The molecular weight excluding hydrogens is 386 g/mol.